The summed E-state index contributed by atoms with van der Waals surface area (Å²) in [5, 5.41) is 9.51. The Morgan fingerprint density at radius 3 is 2.48 bits per heavy atom. The Morgan fingerprint density at radius 1 is 1.19 bits per heavy atom. The number of amides is 2. The first-order chi connectivity index (χ1) is 13.0. The van der Waals surface area contributed by atoms with E-state index in [1.807, 2.05) is 6.92 Å². The molecule has 1 aliphatic heterocycles. The van der Waals surface area contributed by atoms with Crippen molar-refractivity contribution in [2.75, 3.05) is 67.1 Å². The number of aliphatic imine (C=N–C) groups is 1. The summed E-state index contributed by atoms with van der Waals surface area (Å²) in [5.41, 5.74) is 0. The van der Waals surface area contributed by atoms with Crippen LogP contribution in [0, 0.1) is 0 Å². The molecule has 0 aliphatic carbocycles. The van der Waals surface area contributed by atoms with Crippen LogP contribution >= 0.6 is 0 Å². The highest BCUT2D eigenvalue weighted by molar-refractivity contribution is 5.85. The van der Waals surface area contributed by atoms with Crippen LogP contribution in [0.5, 0.6) is 0 Å². The minimum absolute atomic E-state index is 0.0456. The van der Waals surface area contributed by atoms with Crippen molar-refractivity contribution in [2.24, 2.45) is 4.99 Å². The number of nitrogens with zero attached hydrogens (tertiary/aromatic N) is 3. The maximum absolute atomic E-state index is 11.8. The predicted octanol–water partition coefficient (Wildman–Crippen LogP) is -0.753. The summed E-state index contributed by atoms with van der Waals surface area (Å²) in [7, 11) is 5.08. The fourth-order valence-electron chi connectivity index (χ4n) is 2.66. The quantitative estimate of drug-likeness (QED) is 0.260. The second-order valence-corrected chi connectivity index (χ2v) is 6.92. The Labute approximate surface area is 162 Å². The van der Waals surface area contributed by atoms with Crippen molar-refractivity contribution in [3.8, 4) is 0 Å². The van der Waals surface area contributed by atoms with Crippen LogP contribution in [0.1, 0.15) is 26.2 Å². The molecule has 2 amide bonds. The first-order valence-electron chi connectivity index (χ1n) is 9.69. The number of guanidine groups is 1. The molecule has 0 saturated carbocycles. The Morgan fingerprint density at radius 2 is 1.89 bits per heavy atom. The van der Waals surface area contributed by atoms with Crippen LogP contribution in [0.2, 0.25) is 0 Å². The number of ether oxygens (including phenoxy) is 1. The number of carbonyl (C=O) groups is 2. The second-order valence-electron chi connectivity index (χ2n) is 6.92. The molecule has 27 heavy (non-hydrogen) atoms. The van der Waals surface area contributed by atoms with Gasteiger partial charge in [-0.05, 0) is 19.3 Å². The number of likely N-dealkylation sites (tertiary alicyclic amines) is 1. The summed E-state index contributed by atoms with van der Waals surface area (Å²) in [6.07, 6.45) is 2.80. The molecule has 0 aromatic rings. The molecule has 1 heterocycles. The van der Waals surface area contributed by atoms with Gasteiger partial charge in [0.05, 0.1) is 13.2 Å². The molecule has 0 aromatic carbocycles. The molecule has 0 spiro atoms. The number of piperidine rings is 1. The van der Waals surface area contributed by atoms with Crippen molar-refractivity contribution in [2.45, 2.75) is 32.2 Å². The lowest BCUT2D eigenvalue weighted by atomic mass is 10.1. The largest absolute Gasteiger partial charge is 0.383 e. The Hall–Kier alpha value is -1.87. The van der Waals surface area contributed by atoms with E-state index in [9.17, 15) is 9.59 Å². The summed E-state index contributed by atoms with van der Waals surface area (Å²) < 4.78 is 5.06. The Kier molecular flexibility index (Phi) is 11.4. The van der Waals surface area contributed by atoms with Gasteiger partial charge in [0.1, 0.15) is 6.54 Å². The van der Waals surface area contributed by atoms with E-state index < -0.39 is 0 Å². The predicted molar refractivity (Wildman–Crippen MR) is 107 cm³/mol. The van der Waals surface area contributed by atoms with E-state index in [-0.39, 0.29) is 24.4 Å². The molecule has 156 valence electrons. The molecule has 9 nitrogen and oxygen atoms in total. The van der Waals surface area contributed by atoms with Gasteiger partial charge >= 0.3 is 0 Å². The molecule has 1 rings (SSSR count). The van der Waals surface area contributed by atoms with Crippen molar-refractivity contribution in [3.63, 3.8) is 0 Å². The van der Waals surface area contributed by atoms with Gasteiger partial charge in [-0.2, -0.15) is 0 Å². The van der Waals surface area contributed by atoms with Crippen molar-refractivity contribution in [1.29, 1.82) is 0 Å². The van der Waals surface area contributed by atoms with E-state index >= 15 is 0 Å². The van der Waals surface area contributed by atoms with Crippen LogP contribution in [0.4, 0.5) is 0 Å². The zero-order chi connectivity index (χ0) is 20.1. The third-order valence-corrected chi connectivity index (χ3v) is 4.34. The monoisotopic (exact) mass is 384 g/mol. The Bertz CT molecular complexity index is 476. The summed E-state index contributed by atoms with van der Waals surface area (Å²) in [4.78, 5) is 31.7. The van der Waals surface area contributed by atoms with Crippen LogP contribution in [0.15, 0.2) is 4.99 Å². The number of hydrogen-bond acceptors (Lipinski definition) is 5. The number of rotatable bonds is 10. The van der Waals surface area contributed by atoms with Crippen molar-refractivity contribution in [1.82, 2.24) is 25.8 Å². The maximum Gasteiger partial charge on any atom is 0.243 e. The molecule has 0 unspecified atom stereocenters. The van der Waals surface area contributed by atoms with Crippen molar-refractivity contribution < 1.29 is 14.3 Å². The van der Waals surface area contributed by atoms with Gasteiger partial charge in [-0.1, -0.05) is 6.92 Å². The fourth-order valence-corrected chi connectivity index (χ4v) is 2.66. The van der Waals surface area contributed by atoms with Gasteiger partial charge in [0.15, 0.2) is 5.96 Å². The van der Waals surface area contributed by atoms with Crippen LogP contribution in [0.3, 0.4) is 0 Å². The molecule has 0 radical (unpaired) electrons. The lowest BCUT2D eigenvalue weighted by Crippen LogP contribution is -2.50. The fraction of sp³-hybridized carbons (Fsp3) is 0.833. The van der Waals surface area contributed by atoms with Crippen LogP contribution < -0.4 is 16.0 Å². The normalized spacial score (nSPS) is 16.1. The Balaban J connectivity index is 2.45. The van der Waals surface area contributed by atoms with Crippen LogP contribution in [0.25, 0.3) is 0 Å². The van der Waals surface area contributed by atoms with Crippen LogP contribution in [-0.2, 0) is 14.3 Å². The SMILES string of the molecule is CCCNC(=O)CN1CCC(NC(=NCC(=O)N(C)C)NCCOC)CC1. The minimum atomic E-state index is -0.0456. The summed E-state index contributed by atoms with van der Waals surface area (Å²) in [6.45, 7) is 6.24. The lowest BCUT2D eigenvalue weighted by Gasteiger charge is -2.32. The molecule has 9 heteroatoms. The molecular weight excluding hydrogens is 348 g/mol. The van der Waals surface area contributed by atoms with E-state index in [4.69, 9.17) is 4.74 Å². The summed E-state index contributed by atoms with van der Waals surface area (Å²) in [5.74, 6) is 0.672. The van der Waals surface area contributed by atoms with Gasteiger partial charge in [0.2, 0.25) is 11.8 Å². The zero-order valence-corrected chi connectivity index (χ0v) is 17.2. The minimum Gasteiger partial charge on any atom is -0.383 e. The number of likely N-dealkylation sites (N-methyl/N-ethyl adjacent to an activating group) is 1. The summed E-state index contributed by atoms with van der Waals surface area (Å²) >= 11 is 0. The van der Waals surface area contributed by atoms with E-state index in [1.54, 1.807) is 21.2 Å². The molecular formula is C18H36N6O3. The van der Waals surface area contributed by atoms with Gasteiger partial charge in [-0.3, -0.25) is 14.5 Å². The van der Waals surface area contributed by atoms with Crippen molar-refractivity contribution in [3.05, 3.63) is 0 Å². The molecule has 0 atom stereocenters. The van der Waals surface area contributed by atoms with E-state index in [0.717, 1.165) is 38.9 Å². The highest BCUT2D eigenvalue weighted by Gasteiger charge is 2.21. The molecule has 3 N–H and O–H groups in total. The first kappa shape index (κ1) is 23.2. The van der Waals surface area contributed by atoms with Gasteiger partial charge in [0.25, 0.3) is 0 Å². The number of methoxy groups -OCH3 is 1. The van der Waals surface area contributed by atoms with E-state index in [0.29, 0.717) is 25.7 Å². The van der Waals surface area contributed by atoms with Crippen molar-refractivity contribution >= 4 is 17.8 Å². The second kappa shape index (κ2) is 13.3. The highest BCUT2D eigenvalue weighted by Crippen LogP contribution is 2.09. The number of nitrogens with one attached hydrogen (secondary N) is 3. The number of hydrogen-bond donors (Lipinski definition) is 3. The van der Waals surface area contributed by atoms with Gasteiger partial charge in [-0.15, -0.1) is 0 Å². The number of carbonyl (C=O) groups excluding carboxylic acids is 2. The summed E-state index contributed by atoms with van der Waals surface area (Å²) in [6, 6.07) is 0.267. The van der Waals surface area contributed by atoms with Crippen LogP contribution in [-0.4, -0.2) is 101 Å². The van der Waals surface area contributed by atoms with Gasteiger partial charge in [0, 0.05) is 53.4 Å². The lowest BCUT2D eigenvalue weighted by molar-refractivity contribution is -0.127. The molecule has 1 aliphatic rings. The van der Waals surface area contributed by atoms with Gasteiger partial charge in [-0.25, -0.2) is 4.99 Å². The first-order valence-corrected chi connectivity index (χ1v) is 9.69. The van der Waals surface area contributed by atoms with Gasteiger partial charge < -0.3 is 25.6 Å². The maximum atomic E-state index is 11.8. The smallest absolute Gasteiger partial charge is 0.243 e. The molecule has 0 aromatic heterocycles. The third-order valence-electron chi connectivity index (χ3n) is 4.34. The average molecular weight is 385 g/mol. The standard InChI is InChI=1S/C18H36N6O3/c1-5-8-19-16(25)14-24-10-6-15(7-11-24)22-18(20-9-12-27-4)21-13-17(26)23(2)3/h15H,5-14H2,1-4H3,(H,19,25)(H2,20,21,22). The topological polar surface area (TPSA) is 98.3 Å². The highest BCUT2D eigenvalue weighted by atomic mass is 16.5. The molecule has 0 bridgehead atoms. The zero-order valence-electron chi connectivity index (χ0n) is 17.2. The molecule has 1 fully saturated rings. The molecule has 1 saturated heterocycles. The average Bonchev–Trinajstić information content (AvgIpc) is 2.65. The third kappa shape index (κ3) is 10.1. The van der Waals surface area contributed by atoms with E-state index in [1.165, 1.54) is 4.90 Å². The van der Waals surface area contributed by atoms with E-state index in [2.05, 4.69) is 25.8 Å².